The van der Waals surface area contributed by atoms with E-state index in [0.29, 0.717) is 24.4 Å². The monoisotopic (exact) mass is 278 g/mol. The first-order chi connectivity index (χ1) is 9.49. The van der Waals surface area contributed by atoms with Crippen molar-refractivity contribution in [2.45, 2.75) is 32.7 Å². The van der Waals surface area contributed by atoms with Crippen molar-refractivity contribution < 1.29 is 14.7 Å². The molecule has 0 saturated carbocycles. The van der Waals surface area contributed by atoms with Gasteiger partial charge in [0.15, 0.2) is 0 Å². The predicted molar refractivity (Wildman–Crippen MR) is 77.3 cm³/mol. The van der Waals surface area contributed by atoms with Gasteiger partial charge >= 0.3 is 5.97 Å². The molecule has 1 aromatic rings. The quantitative estimate of drug-likeness (QED) is 0.600. The van der Waals surface area contributed by atoms with Gasteiger partial charge in [0.2, 0.25) is 5.91 Å². The maximum absolute atomic E-state index is 11.1. The molecule has 0 saturated heterocycles. The zero-order valence-corrected chi connectivity index (χ0v) is 11.8. The molecule has 0 fully saturated rings. The number of carbonyl (C=O) groups excluding carboxylic acids is 1. The maximum atomic E-state index is 11.1. The number of aliphatic carboxylic acids is 1. The summed E-state index contributed by atoms with van der Waals surface area (Å²) in [5.41, 5.74) is 6.75. The summed E-state index contributed by atoms with van der Waals surface area (Å²) in [5, 5.41) is 11.9. The Bertz CT molecular complexity index is 460. The molecule has 4 N–H and O–H groups in total. The Balaban J connectivity index is 2.25. The van der Waals surface area contributed by atoms with E-state index in [1.54, 1.807) is 12.1 Å². The van der Waals surface area contributed by atoms with Crippen LogP contribution in [0.3, 0.4) is 0 Å². The molecule has 1 amide bonds. The van der Waals surface area contributed by atoms with Crippen LogP contribution in [0.2, 0.25) is 0 Å². The van der Waals surface area contributed by atoms with Gasteiger partial charge in [-0.3, -0.25) is 9.59 Å². The van der Waals surface area contributed by atoms with Crippen molar-refractivity contribution in [1.29, 1.82) is 0 Å². The smallest absolute Gasteiger partial charge is 0.303 e. The van der Waals surface area contributed by atoms with Crippen LogP contribution in [0.25, 0.3) is 0 Å². The molecule has 1 rings (SSSR count). The number of nitrogens with two attached hydrogens (primary N) is 1. The number of hydrogen-bond acceptors (Lipinski definition) is 3. The maximum Gasteiger partial charge on any atom is 0.303 e. The van der Waals surface area contributed by atoms with E-state index in [-0.39, 0.29) is 6.42 Å². The van der Waals surface area contributed by atoms with Gasteiger partial charge in [0, 0.05) is 18.5 Å². The highest BCUT2D eigenvalue weighted by Gasteiger charge is 2.05. The molecule has 5 nitrogen and oxygen atoms in total. The molecule has 0 aliphatic rings. The number of carbonyl (C=O) groups is 2. The molecule has 5 heteroatoms. The number of benzene rings is 1. The highest BCUT2D eigenvalue weighted by atomic mass is 16.4. The second-order valence-corrected chi connectivity index (χ2v) is 5.07. The molecule has 0 aliphatic heterocycles. The zero-order chi connectivity index (χ0) is 15.0. The molecule has 0 bridgehead atoms. The van der Waals surface area contributed by atoms with Gasteiger partial charge in [0.25, 0.3) is 0 Å². The second-order valence-electron chi connectivity index (χ2n) is 5.07. The van der Waals surface area contributed by atoms with Crippen molar-refractivity contribution in [1.82, 2.24) is 5.32 Å². The van der Waals surface area contributed by atoms with Crippen molar-refractivity contribution in [3.63, 3.8) is 0 Å². The summed E-state index contributed by atoms with van der Waals surface area (Å²) in [6.45, 7) is 3.55. The lowest BCUT2D eigenvalue weighted by Crippen LogP contribution is -2.18. The first-order valence-electron chi connectivity index (χ1n) is 6.80. The Morgan fingerprint density at radius 3 is 2.75 bits per heavy atom. The van der Waals surface area contributed by atoms with Crippen molar-refractivity contribution in [3.05, 3.63) is 35.4 Å². The predicted octanol–water partition coefficient (Wildman–Crippen LogP) is 1.77. The molecular weight excluding hydrogens is 256 g/mol. The molecule has 110 valence electrons. The van der Waals surface area contributed by atoms with Crippen LogP contribution in [0.15, 0.2) is 24.3 Å². The van der Waals surface area contributed by atoms with Gasteiger partial charge in [-0.05, 0) is 43.0 Å². The molecule has 0 aliphatic carbocycles. The minimum Gasteiger partial charge on any atom is -0.481 e. The zero-order valence-electron chi connectivity index (χ0n) is 11.8. The van der Waals surface area contributed by atoms with Crippen LogP contribution in [0.4, 0.5) is 0 Å². The fourth-order valence-corrected chi connectivity index (χ4v) is 1.93. The fourth-order valence-electron chi connectivity index (χ4n) is 1.93. The summed E-state index contributed by atoms with van der Waals surface area (Å²) in [5.74, 6) is -0.780. The number of primary amides is 1. The third kappa shape index (κ3) is 6.33. The third-order valence-corrected chi connectivity index (χ3v) is 3.21. The van der Waals surface area contributed by atoms with Crippen LogP contribution in [-0.4, -0.2) is 23.5 Å². The Hall–Kier alpha value is -1.88. The van der Waals surface area contributed by atoms with E-state index < -0.39 is 11.9 Å². The molecule has 1 atom stereocenters. The van der Waals surface area contributed by atoms with E-state index in [1.807, 2.05) is 12.1 Å². The van der Waals surface area contributed by atoms with E-state index in [0.717, 1.165) is 18.5 Å². The van der Waals surface area contributed by atoms with Gasteiger partial charge in [0.1, 0.15) is 0 Å². The van der Waals surface area contributed by atoms with E-state index in [2.05, 4.69) is 12.2 Å². The normalized spacial score (nSPS) is 12.1. The SMILES string of the molecule is CC(CCNCc1cccc(C(N)=O)c1)CCC(=O)O. The number of amides is 1. The van der Waals surface area contributed by atoms with Crippen molar-refractivity contribution in [2.75, 3.05) is 6.54 Å². The van der Waals surface area contributed by atoms with E-state index in [1.165, 1.54) is 0 Å². The Morgan fingerprint density at radius 2 is 2.10 bits per heavy atom. The van der Waals surface area contributed by atoms with E-state index in [9.17, 15) is 9.59 Å². The van der Waals surface area contributed by atoms with Gasteiger partial charge in [-0.15, -0.1) is 0 Å². The number of hydrogen-bond donors (Lipinski definition) is 3. The molecule has 0 heterocycles. The molecule has 0 spiro atoms. The first kappa shape index (κ1) is 16.2. The average molecular weight is 278 g/mol. The summed E-state index contributed by atoms with van der Waals surface area (Å²) in [4.78, 5) is 21.5. The molecule has 0 radical (unpaired) electrons. The van der Waals surface area contributed by atoms with Crippen LogP contribution in [0.1, 0.15) is 42.1 Å². The Kier molecular flexibility index (Phi) is 6.73. The van der Waals surface area contributed by atoms with Crippen LogP contribution < -0.4 is 11.1 Å². The van der Waals surface area contributed by atoms with Crippen molar-refractivity contribution in [2.24, 2.45) is 11.7 Å². The van der Waals surface area contributed by atoms with Gasteiger partial charge in [-0.2, -0.15) is 0 Å². The van der Waals surface area contributed by atoms with Crippen molar-refractivity contribution in [3.8, 4) is 0 Å². The highest BCUT2D eigenvalue weighted by molar-refractivity contribution is 5.92. The summed E-state index contributed by atoms with van der Waals surface area (Å²) < 4.78 is 0. The van der Waals surface area contributed by atoms with Crippen LogP contribution in [-0.2, 0) is 11.3 Å². The van der Waals surface area contributed by atoms with E-state index >= 15 is 0 Å². The molecule has 20 heavy (non-hydrogen) atoms. The Morgan fingerprint density at radius 1 is 1.35 bits per heavy atom. The lowest BCUT2D eigenvalue weighted by molar-refractivity contribution is -0.137. The molecular formula is C15H22N2O3. The molecule has 1 unspecified atom stereocenters. The summed E-state index contributed by atoms with van der Waals surface area (Å²) >= 11 is 0. The first-order valence-corrected chi connectivity index (χ1v) is 6.80. The van der Waals surface area contributed by atoms with Gasteiger partial charge in [0.05, 0.1) is 0 Å². The van der Waals surface area contributed by atoms with Crippen LogP contribution in [0.5, 0.6) is 0 Å². The van der Waals surface area contributed by atoms with Crippen LogP contribution >= 0.6 is 0 Å². The minimum atomic E-state index is -0.743. The molecule has 1 aromatic carbocycles. The number of carboxylic acids is 1. The number of carboxylic acid groups (broad SMARTS) is 1. The second kappa shape index (κ2) is 8.32. The Labute approximate surface area is 119 Å². The summed E-state index contributed by atoms with van der Waals surface area (Å²) in [7, 11) is 0. The topological polar surface area (TPSA) is 92.4 Å². The fraction of sp³-hybridized carbons (Fsp3) is 0.467. The van der Waals surface area contributed by atoms with Crippen LogP contribution in [0, 0.1) is 5.92 Å². The highest BCUT2D eigenvalue weighted by Crippen LogP contribution is 2.09. The minimum absolute atomic E-state index is 0.224. The standard InChI is InChI=1S/C15H22N2O3/c1-11(5-6-14(18)19)7-8-17-10-12-3-2-4-13(9-12)15(16)20/h2-4,9,11,17H,5-8,10H2,1H3,(H2,16,20)(H,18,19). The van der Waals surface area contributed by atoms with E-state index in [4.69, 9.17) is 10.8 Å². The average Bonchev–Trinajstić information content (AvgIpc) is 2.41. The third-order valence-electron chi connectivity index (χ3n) is 3.21. The lowest BCUT2D eigenvalue weighted by Gasteiger charge is -2.11. The van der Waals surface area contributed by atoms with Crippen molar-refractivity contribution >= 4 is 11.9 Å². The lowest BCUT2D eigenvalue weighted by atomic mass is 10.0. The number of rotatable bonds is 9. The molecule has 0 aromatic heterocycles. The van der Waals surface area contributed by atoms with Gasteiger partial charge < -0.3 is 16.2 Å². The number of nitrogens with one attached hydrogen (secondary N) is 1. The largest absolute Gasteiger partial charge is 0.481 e. The summed E-state index contributed by atoms with van der Waals surface area (Å²) in [6, 6.07) is 7.23. The van der Waals surface area contributed by atoms with Gasteiger partial charge in [-0.25, -0.2) is 0 Å². The summed E-state index contributed by atoms with van der Waals surface area (Å²) in [6.07, 6.45) is 1.86. The van der Waals surface area contributed by atoms with Gasteiger partial charge in [-0.1, -0.05) is 19.1 Å².